The summed E-state index contributed by atoms with van der Waals surface area (Å²) in [5.41, 5.74) is 7.26. The van der Waals surface area contributed by atoms with Crippen molar-refractivity contribution < 1.29 is 27.5 Å². The van der Waals surface area contributed by atoms with Gasteiger partial charge in [0.2, 0.25) is 5.91 Å². The number of urea groups is 1. The lowest BCUT2D eigenvalue weighted by molar-refractivity contribution is -0.153. The number of likely N-dealkylation sites (tertiary alicyclic amines) is 1. The number of primary amides is 1. The van der Waals surface area contributed by atoms with E-state index in [4.69, 9.17) is 10.5 Å². The van der Waals surface area contributed by atoms with Crippen LogP contribution in [0.2, 0.25) is 0 Å². The van der Waals surface area contributed by atoms with Gasteiger partial charge >= 0.3 is 12.2 Å². The molecule has 2 saturated heterocycles. The number of piperazine rings is 1. The fraction of sp³-hybridized carbons (Fsp3) is 0.548. The molecule has 0 aromatic heterocycles. The summed E-state index contributed by atoms with van der Waals surface area (Å²) >= 11 is 0. The minimum Gasteiger partial charge on any atom is -0.484 e. The summed E-state index contributed by atoms with van der Waals surface area (Å²) in [5.74, 6) is 0.541. The molecular weight excluding hydrogens is 533 g/mol. The van der Waals surface area contributed by atoms with E-state index in [1.54, 1.807) is 17.0 Å². The van der Waals surface area contributed by atoms with Crippen molar-refractivity contribution in [3.63, 3.8) is 0 Å². The molecule has 2 N–H and O–H groups in total. The van der Waals surface area contributed by atoms with Gasteiger partial charge in [0.1, 0.15) is 5.75 Å². The minimum atomic E-state index is -4.40. The van der Waals surface area contributed by atoms with E-state index in [0.717, 1.165) is 24.0 Å². The number of hydrogen-bond acceptors (Lipinski definition) is 4. The maximum Gasteiger partial charge on any atom is 0.422 e. The Balaban J connectivity index is 1.51. The van der Waals surface area contributed by atoms with E-state index >= 15 is 0 Å². The van der Waals surface area contributed by atoms with Gasteiger partial charge in [-0.05, 0) is 47.4 Å². The molecular formula is C31H41F3N4O3. The highest BCUT2D eigenvalue weighted by Gasteiger charge is 2.41. The third-order valence-electron chi connectivity index (χ3n) is 8.20. The van der Waals surface area contributed by atoms with Crippen molar-refractivity contribution in [1.29, 1.82) is 0 Å². The molecule has 0 saturated carbocycles. The molecule has 0 spiro atoms. The molecule has 2 heterocycles. The quantitative estimate of drug-likeness (QED) is 0.477. The van der Waals surface area contributed by atoms with Crippen LogP contribution < -0.4 is 10.5 Å². The van der Waals surface area contributed by atoms with E-state index in [-0.39, 0.29) is 35.1 Å². The molecule has 0 radical (unpaired) electrons. The highest BCUT2D eigenvalue weighted by Crippen LogP contribution is 2.36. The van der Waals surface area contributed by atoms with Crippen molar-refractivity contribution in [3.8, 4) is 5.75 Å². The summed E-state index contributed by atoms with van der Waals surface area (Å²) in [7, 11) is 0. The lowest BCUT2D eigenvalue weighted by Gasteiger charge is -2.50. The molecule has 10 heteroatoms. The Morgan fingerprint density at radius 2 is 1.54 bits per heavy atom. The van der Waals surface area contributed by atoms with Gasteiger partial charge in [0, 0.05) is 45.2 Å². The van der Waals surface area contributed by atoms with Crippen molar-refractivity contribution in [2.75, 3.05) is 39.3 Å². The van der Waals surface area contributed by atoms with Crippen LogP contribution in [0.3, 0.4) is 0 Å². The van der Waals surface area contributed by atoms with Gasteiger partial charge in [0.05, 0.1) is 6.04 Å². The van der Waals surface area contributed by atoms with Crippen LogP contribution in [-0.2, 0) is 4.79 Å². The minimum absolute atomic E-state index is 0.0323. The van der Waals surface area contributed by atoms with Gasteiger partial charge in [-0.3, -0.25) is 9.69 Å². The highest BCUT2D eigenvalue weighted by molar-refractivity contribution is 5.77. The van der Waals surface area contributed by atoms with Crippen LogP contribution in [0.1, 0.15) is 57.2 Å². The maximum atomic E-state index is 13.6. The molecule has 0 aliphatic carbocycles. The number of nitrogens with zero attached hydrogens (tertiary/aromatic N) is 3. The van der Waals surface area contributed by atoms with Gasteiger partial charge in [-0.25, -0.2) is 4.79 Å². The Bertz CT molecular complexity index is 1160. The standard InChI is InChI=1S/C31H41F3N4O3/c1-30(2,3)26-20-37(17-18-38(26)27(39)19-22-13-15-36(16-14-22)29(35)40)28(23-7-5-4-6-8-23)24-9-11-25(12-10-24)41-21-31(32,33)34/h4-12,22,26,28H,13-21H2,1-3H3,(H2,35,40)/t26-,28?/m1/s1. The zero-order chi connectivity index (χ0) is 29.8. The second kappa shape index (κ2) is 12.7. The van der Waals surface area contributed by atoms with Gasteiger partial charge < -0.3 is 20.3 Å². The molecule has 2 atom stereocenters. The Morgan fingerprint density at radius 1 is 0.927 bits per heavy atom. The number of carbonyl (C=O) groups excluding carboxylic acids is 2. The summed E-state index contributed by atoms with van der Waals surface area (Å²) in [6.45, 7) is 8.18. The number of alkyl halides is 3. The van der Waals surface area contributed by atoms with Crippen LogP contribution in [0.25, 0.3) is 0 Å². The fourth-order valence-corrected chi connectivity index (χ4v) is 5.96. The van der Waals surface area contributed by atoms with Crippen molar-refractivity contribution in [2.45, 2.75) is 58.3 Å². The molecule has 4 rings (SSSR count). The van der Waals surface area contributed by atoms with Gasteiger partial charge in [0.25, 0.3) is 0 Å². The Labute approximate surface area is 240 Å². The van der Waals surface area contributed by atoms with E-state index in [1.165, 1.54) is 0 Å². The number of amides is 3. The van der Waals surface area contributed by atoms with Crippen LogP contribution in [-0.4, -0.2) is 78.2 Å². The predicted molar refractivity (Wildman–Crippen MR) is 151 cm³/mol. The van der Waals surface area contributed by atoms with Crippen molar-refractivity contribution in [1.82, 2.24) is 14.7 Å². The fourth-order valence-electron chi connectivity index (χ4n) is 5.96. The summed E-state index contributed by atoms with van der Waals surface area (Å²) in [4.78, 5) is 31.1. The molecule has 2 aliphatic heterocycles. The number of benzene rings is 2. The number of hydrogen-bond donors (Lipinski definition) is 1. The van der Waals surface area contributed by atoms with Crippen LogP contribution in [0.15, 0.2) is 54.6 Å². The molecule has 1 unspecified atom stereocenters. The molecule has 0 bridgehead atoms. The van der Waals surface area contributed by atoms with Crippen LogP contribution in [0, 0.1) is 11.3 Å². The lowest BCUT2D eigenvalue weighted by atomic mass is 9.82. The van der Waals surface area contributed by atoms with Crippen LogP contribution >= 0.6 is 0 Å². The zero-order valence-corrected chi connectivity index (χ0v) is 24.1. The molecule has 41 heavy (non-hydrogen) atoms. The largest absolute Gasteiger partial charge is 0.484 e. The first kappa shape index (κ1) is 30.7. The van der Waals surface area contributed by atoms with Gasteiger partial charge in [-0.2, -0.15) is 13.2 Å². The topological polar surface area (TPSA) is 79.1 Å². The maximum absolute atomic E-state index is 13.6. The number of piperidine rings is 1. The van der Waals surface area contributed by atoms with Crippen molar-refractivity contribution >= 4 is 11.9 Å². The Morgan fingerprint density at radius 3 is 2.10 bits per heavy atom. The summed E-state index contributed by atoms with van der Waals surface area (Å²) in [6.07, 6.45) is -2.40. The third-order valence-corrected chi connectivity index (χ3v) is 8.20. The number of halogens is 3. The first-order valence-corrected chi connectivity index (χ1v) is 14.2. The van der Waals surface area contributed by atoms with E-state index < -0.39 is 18.8 Å². The monoisotopic (exact) mass is 574 g/mol. The Kier molecular flexibility index (Phi) is 9.51. The molecule has 2 aromatic rings. The van der Waals surface area contributed by atoms with E-state index in [1.807, 2.05) is 35.2 Å². The van der Waals surface area contributed by atoms with Gasteiger partial charge in [-0.15, -0.1) is 0 Å². The van der Waals surface area contributed by atoms with Gasteiger partial charge in [0.15, 0.2) is 6.61 Å². The van der Waals surface area contributed by atoms with Crippen LogP contribution in [0.4, 0.5) is 18.0 Å². The number of ether oxygens (including phenoxy) is 1. The summed E-state index contributed by atoms with van der Waals surface area (Å²) < 4.78 is 42.8. The Hall–Kier alpha value is -3.27. The zero-order valence-electron chi connectivity index (χ0n) is 24.1. The normalized spacial score (nSPS) is 20.1. The number of nitrogens with two attached hydrogens (primary N) is 1. The SMILES string of the molecule is CC(C)(C)[C@H]1CN(C(c2ccccc2)c2ccc(OCC(F)(F)F)cc2)CCN1C(=O)CC1CCN(C(N)=O)CC1. The number of carbonyl (C=O) groups is 2. The van der Waals surface area contributed by atoms with E-state index in [0.29, 0.717) is 39.1 Å². The average Bonchev–Trinajstić information content (AvgIpc) is 2.92. The molecule has 2 aliphatic rings. The summed E-state index contributed by atoms with van der Waals surface area (Å²) in [6, 6.07) is 16.3. The molecule has 3 amide bonds. The van der Waals surface area contributed by atoms with Crippen molar-refractivity contribution in [2.24, 2.45) is 17.1 Å². The number of rotatable bonds is 7. The average molecular weight is 575 g/mol. The smallest absolute Gasteiger partial charge is 0.422 e. The van der Waals surface area contributed by atoms with Crippen LogP contribution in [0.5, 0.6) is 5.75 Å². The summed E-state index contributed by atoms with van der Waals surface area (Å²) in [5, 5.41) is 0. The van der Waals surface area contributed by atoms with E-state index in [2.05, 4.69) is 37.8 Å². The third kappa shape index (κ3) is 8.15. The van der Waals surface area contributed by atoms with Gasteiger partial charge in [-0.1, -0.05) is 63.2 Å². The molecule has 7 nitrogen and oxygen atoms in total. The first-order chi connectivity index (χ1) is 19.3. The predicted octanol–water partition coefficient (Wildman–Crippen LogP) is 5.46. The van der Waals surface area contributed by atoms with E-state index in [9.17, 15) is 22.8 Å². The second-order valence-electron chi connectivity index (χ2n) is 12.2. The second-order valence-corrected chi connectivity index (χ2v) is 12.2. The van der Waals surface area contributed by atoms with Crippen molar-refractivity contribution in [3.05, 3.63) is 65.7 Å². The molecule has 2 fully saturated rings. The molecule has 224 valence electrons. The highest BCUT2D eigenvalue weighted by atomic mass is 19.4. The molecule has 2 aromatic carbocycles. The first-order valence-electron chi connectivity index (χ1n) is 14.2. The lowest BCUT2D eigenvalue weighted by Crippen LogP contribution is -2.60.